The van der Waals surface area contributed by atoms with Crippen LogP contribution in [0.4, 0.5) is 0 Å². The van der Waals surface area contributed by atoms with Gasteiger partial charge in [-0.3, -0.25) is 9.59 Å². The second kappa shape index (κ2) is 12.3. The van der Waals surface area contributed by atoms with E-state index in [1.807, 2.05) is 0 Å². The molecule has 0 heterocycles. The van der Waals surface area contributed by atoms with Crippen LogP contribution in [0.5, 0.6) is 0 Å². The number of hydrogen-bond donors (Lipinski definition) is 5. The third-order valence-electron chi connectivity index (χ3n) is 12.3. The highest BCUT2D eigenvalue weighted by Crippen LogP contribution is 2.68. The van der Waals surface area contributed by atoms with Crippen LogP contribution in [0, 0.1) is 52.3 Å². The Morgan fingerprint density at radius 2 is 1.57 bits per heavy atom. The highest BCUT2D eigenvalue weighted by molar-refractivity contribution is 5.90. The van der Waals surface area contributed by atoms with Gasteiger partial charge >= 0.3 is 5.97 Å². The highest BCUT2D eigenvalue weighted by atomic mass is 16.4. The minimum absolute atomic E-state index is 0.107. The van der Waals surface area contributed by atoms with Crippen molar-refractivity contribution >= 4 is 17.8 Å². The first-order valence-electron chi connectivity index (χ1n) is 15.9. The molecular formula is C32H54N2O6. The van der Waals surface area contributed by atoms with Crippen LogP contribution in [-0.2, 0) is 14.4 Å². The number of nitrogens with one attached hydrogen (secondary N) is 2. The number of carbonyl (C=O) groups is 3. The van der Waals surface area contributed by atoms with Crippen LogP contribution in [0.1, 0.15) is 105 Å². The monoisotopic (exact) mass is 562 g/mol. The first-order chi connectivity index (χ1) is 18.8. The van der Waals surface area contributed by atoms with Gasteiger partial charge in [-0.25, -0.2) is 4.79 Å². The standard InChI is InChI=1S/C32H54N2O6/c1-18(2)28(29(38)33-26(17-35)30(39)40)34-27(37)11-6-19(3)23-9-10-24-22-8-7-20-16-21(36)12-14-31(20,4)25(22)13-15-32(23,24)5/h18-26,28,35-36H,6-17H2,1-5H3,(H,33,38)(H,34,37)(H,39,40)/t19?,20-,21-,22+,23-,24+,25+,26?,28?,31+,32-/m1/s1. The van der Waals surface area contributed by atoms with Gasteiger partial charge in [0.15, 0.2) is 0 Å². The van der Waals surface area contributed by atoms with Crippen molar-refractivity contribution in [2.75, 3.05) is 6.61 Å². The molecule has 4 rings (SSSR count). The molecule has 0 aromatic rings. The average Bonchev–Trinajstić information content (AvgIpc) is 3.26. The van der Waals surface area contributed by atoms with Gasteiger partial charge < -0.3 is 26.0 Å². The topological polar surface area (TPSA) is 136 Å². The van der Waals surface area contributed by atoms with E-state index in [1.54, 1.807) is 13.8 Å². The van der Waals surface area contributed by atoms with Gasteiger partial charge in [0.05, 0.1) is 12.7 Å². The van der Waals surface area contributed by atoms with Crippen LogP contribution in [0.3, 0.4) is 0 Å². The van der Waals surface area contributed by atoms with Crippen molar-refractivity contribution in [2.24, 2.45) is 52.3 Å². The van der Waals surface area contributed by atoms with Crippen LogP contribution in [0.2, 0.25) is 0 Å². The molecular weight excluding hydrogens is 508 g/mol. The van der Waals surface area contributed by atoms with Crippen LogP contribution in [0.25, 0.3) is 0 Å². The Morgan fingerprint density at radius 3 is 2.23 bits per heavy atom. The number of aliphatic carboxylic acids is 1. The Balaban J connectivity index is 1.34. The quantitative estimate of drug-likeness (QED) is 0.272. The molecule has 40 heavy (non-hydrogen) atoms. The number of fused-ring (bicyclic) bond motifs is 5. The van der Waals surface area contributed by atoms with Crippen molar-refractivity contribution < 1.29 is 29.7 Å². The number of aliphatic hydroxyl groups excluding tert-OH is 2. The van der Waals surface area contributed by atoms with Gasteiger partial charge in [-0.05, 0) is 116 Å². The average molecular weight is 563 g/mol. The molecule has 5 N–H and O–H groups in total. The summed E-state index contributed by atoms with van der Waals surface area (Å²) in [7, 11) is 0. The maximum absolute atomic E-state index is 12.9. The zero-order chi connectivity index (χ0) is 29.4. The fourth-order valence-corrected chi connectivity index (χ4v) is 10.00. The summed E-state index contributed by atoms with van der Waals surface area (Å²) < 4.78 is 0. The minimum atomic E-state index is -1.39. The molecule has 2 amide bonds. The van der Waals surface area contributed by atoms with E-state index in [1.165, 1.54) is 44.9 Å². The second-order valence-electron chi connectivity index (χ2n) is 14.7. The molecule has 4 aliphatic carbocycles. The Kier molecular flexibility index (Phi) is 9.60. The fourth-order valence-electron chi connectivity index (χ4n) is 10.00. The summed E-state index contributed by atoms with van der Waals surface area (Å²) in [5, 5.41) is 33.9. The third kappa shape index (κ3) is 5.95. The predicted octanol–water partition coefficient (Wildman–Crippen LogP) is 4.13. The lowest BCUT2D eigenvalue weighted by Gasteiger charge is -2.61. The van der Waals surface area contributed by atoms with Crippen molar-refractivity contribution in [3.05, 3.63) is 0 Å². The molecule has 8 heteroatoms. The first kappa shape index (κ1) is 31.3. The molecule has 228 valence electrons. The van der Waals surface area contributed by atoms with E-state index in [9.17, 15) is 24.6 Å². The Morgan fingerprint density at radius 1 is 0.900 bits per heavy atom. The molecule has 0 spiro atoms. The zero-order valence-electron chi connectivity index (χ0n) is 25.3. The van der Waals surface area contributed by atoms with Crippen molar-refractivity contribution in [3.63, 3.8) is 0 Å². The number of carbonyl (C=O) groups excluding carboxylic acids is 2. The van der Waals surface area contributed by atoms with Gasteiger partial charge in [-0.15, -0.1) is 0 Å². The van der Waals surface area contributed by atoms with Crippen molar-refractivity contribution in [2.45, 2.75) is 123 Å². The normalized spacial score (nSPS) is 39.3. The van der Waals surface area contributed by atoms with Gasteiger partial charge in [-0.1, -0.05) is 34.6 Å². The van der Waals surface area contributed by atoms with E-state index in [0.29, 0.717) is 35.0 Å². The molecule has 0 aromatic carbocycles. The molecule has 4 saturated carbocycles. The molecule has 4 aliphatic rings. The van der Waals surface area contributed by atoms with Crippen LogP contribution in [-0.4, -0.2) is 57.9 Å². The molecule has 11 atom stereocenters. The number of aliphatic hydroxyl groups is 2. The first-order valence-corrected chi connectivity index (χ1v) is 15.9. The van der Waals surface area contributed by atoms with Crippen LogP contribution >= 0.6 is 0 Å². The van der Waals surface area contributed by atoms with Gasteiger partial charge in [0.25, 0.3) is 0 Å². The molecule has 4 fully saturated rings. The van der Waals surface area contributed by atoms with E-state index in [-0.39, 0.29) is 17.9 Å². The molecule has 3 unspecified atom stereocenters. The maximum Gasteiger partial charge on any atom is 0.328 e. The number of amides is 2. The zero-order valence-corrected chi connectivity index (χ0v) is 25.3. The highest BCUT2D eigenvalue weighted by Gasteiger charge is 2.60. The summed E-state index contributed by atoms with van der Waals surface area (Å²) in [6, 6.07) is -2.24. The maximum atomic E-state index is 12.9. The van der Waals surface area contributed by atoms with Crippen LogP contribution in [0.15, 0.2) is 0 Å². The Hall–Kier alpha value is -1.67. The van der Waals surface area contributed by atoms with E-state index in [2.05, 4.69) is 31.4 Å². The van der Waals surface area contributed by atoms with E-state index < -0.39 is 30.6 Å². The van der Waals surface area contributed by atoms with E-state index >= 15 is 0 Å². The number of carboxylic acid groups (broad SMARTS) is 1. The lowest BCUT2D eigenvalue weighted by molar-refractivity contribution is -0.143. The van der Waals surface area contributed by atoms with Crippen molar-refractivity contribution in [1.29, 1.82) is 0 Å². The predicted molar refractivity (Wildman–Crippen MR) is 153 cm³/mol. The molecule has 0 aliphatic heterocycles. The number of rotatable bonds is 10. The lowest BCUT2D eigenvalue weighted by atomic mass is 9.44. The van der Waals surface area contributed by atoms with Gasteiger partial charge in [0.1, 0.15) is 12.1 Å². The van der Waals surface area contributed by atoms with Crippen molar-refractivity contribution in [3.8, 4) is 0 Å². The fraction of sp³-hybridized carbons (Fsp3) is 0.906. The summed E-state index contributed by atoms with van der Waals surface area (Å²) in [5.41, 5.74) is 0.692. The molecule has 0 aromatic heterocycles. The van der Waals surface area contributed by atoms with Crippen molar-refractivity contribution in [1.82, 2.24) is 10.6 Å². The van der Waals surface area contributed by atoms with E-state index in [0.717, 1.165) is 37.0 Å². The molecule has 8 nitrogen and oxygen atoms in total. The summed E-state index contributed by atoms with van der Waals surface area (Å²) in [5.74, 6) is 1.69. The van der Waals surface area contributed by atoms with Gasteiger partial charge in [0, 0.05) is 6.42 Å². The van der Waals surface area contributed by atoms with Gasteiger partial charge in [-0.2, -0.15) is 0 Å². The largest absolute Gasteiger partial charge is 0.480 e. The minimum Gasteiger partial charge on any atom is -0.480 e. The lowest BCUT2D eigenvalue weighted by Crippen LogP contribution is -2.54. The molecule has 0 radical (unpaired) electrons. The smallest absolute Gasteiger partial charge is 0.328 e. The van der Waals surface area contributed by atoms with E-state index in [4.69, 9.17) is 5.11 Å². The van der Waals surface area contributed by atoms with Crippen LogP contribution < -0.4 is 10.6 Å². The second-order valence-corrected chi connectivity index (χ2v) is 14.7. The SMILES string of the molecule is CC(C)C(NC(=O)CCC(C)[C@H]1CC[C@H]2[C@@H]3CC[C@@H]4C[C@H](O)CC[C@]4(C)[C@H]3CC[C@]12C)C(=O)NC(CO)C(=O)O. The number of carboxylic acids is 1. The summed E-state index contributed by atoms with van der Waals surface area (Å²) in [6.07, 6.45) is 11.7. The summed E-state index contributed by atoms with van der Waals surface area (Å²) >= 11 is 0. The summed E-state index contributed by atoms with van der Waals surface area (Å²) in [6.45, 7) is 10.3. The molecule has 0 bridgehead atoms. The Labute approximate surface area is 240 Å². The number of hydrogen-bond acceptors (Lipinski definition) is 5. The Bertz CT molecular complexity index is 940. The molecule has 0 saturated heterocycles. The summed E-state index contributed by atoms with van der Waals surface area (Å²) in [4.78, 5) is 36.8. The van der Waals surface area contributed by atoms with Gasteiger partial charge in [0.2, 0.25) is 11.8 Å². The third-order valence-corrected chi connectivity index (χ3v) is 12.3.